The monoisotopic (exact) mass is 321 g/mol. The first-order valence-electron chi connectivity index (χ1n) is 5.43. The highest BCUT2D eigenvalue weighted by atomic mass is 79.9. The fourth-order valence-corrected chi connectivity index (χ4v) is 2.39. The van der Waals surface area contributed by atoms with Crippen molar-refractivity contribution >= 4 is 27.7 Å². The number of thioether (sulfide) groups is 1. The van der Waals surface area contributed by atoms with Gasteiger partial charge in [0.15, 0.2) is 0 Å². The second kappa shape index (κ2) is 8.08. The zero-order chi connectivity index (χ0) is 12.7. The largest absolute Gasteiger partial charge is 0.395 e. The molecule has 0 aliphatic rings. The molecule has 96 valence electrons. The quantitative estimate of drug-likeness (QED) is 0.835. The van der Waals surface area contributed by atoms with Crippen LogP contribution in [0.2, 0.25) is 0 Å². The second-order valence-electron chi connectivity index (χ2n) is 3.73. The Kier molecular flexibility index (Phi) is 7.11. The molecule has 0 saturated heterocycles. The van der Waals surface area contributed by atoms with Crippen LogP contribution in [0.4, 0.5) is 4.39 Å². The van der Waals surface area contributed by atoms with Crippen molar-refractivity contribution < 1.29 is 9.50 Å². The highest BCUT2D eigenvalue weighted by molar-refractivity contribution is 9.10. The molecular weight excluding hydrogens is 305 g/mol. The van der Waals surface area contributed by atoms with Crippen LogP contribution in [0, 0.1) is 5.82 Å². The zero-order valence-electron chi connectivity index (χ0n) is 9.83. The van der Waals surface area contributed by atoms with Crippen LogP contribution in [0.5, 0.6) is 0 Å². The third-order valence-electron chi connectivity index (χ3n) is 2.43. The molecule has 1 aromatic rings. The average Bonchev–Trinajstić information content (AvgIpc) is 2.31. The van der Waals surface area contributed by atoms with Crippen molar-refractivity contribution in [3.8, 4) is 0 Å². The van der Waals surface area contributed by atoms with E-state index >= 15 is 0 Å². The summed E-state index contributed by atoms with van der Waals surface area (Å²) in [5.74, 6) is 0.788. The molecule has 0 bridgehead atoms. The van der Waals surface area contributed by atoms with E-state index in [-0.39, 0.29) is 12.4 Å². The van der Waals surface area contributed by atoms with E-state index in [9.17, 15) is 4.39 Å². The van der Waals surface area contributed by atoms with Gasteiger partial charge in [-0.1, -0.05) is 15.9 Å². The van der Waals surface area contributed by atoms with Crippen LogP contribution in [0.15, 0.2) is 22.7 Å². The summed E-state index contributed by atoms with van der Waals surface area (Å²) in [6, 6.07) is 4.95. The molecule has 0 amide bonds. The molecule has 17 heavy (non-hydrogen) atoms. The normalized spacial score (nSPS) is 11.1. The van der Waals surface area contributed by atoms with Gasteiger partial charge < -0.3 is 5.11 Å². The first kappa shape index (κ1) is 15.0. The van der Waals surface area contributed by atoms with Crippen molar-refractivity contribution in [1.82, 2.24) is 4.90 Å². The van der Waals surface area contributed by atoms with Gasteiger partial charge in [-0.3, -0.25) is 4.90 Å². The molecule has 1 N–H and O–H groups in total. The molecule has 0 aromatic heterocycles. The first-order chi connectivity index (χ1) is 8.17. The van der Waals surface area contributed by atoms with Crippen molar-refractivity contribution in [1.29, 1.82) is 0 Å². The molecule has 0 aliphatic heterocycles. The molecule has 0 saturated carbocycles. The van der Waals surface area contributed by atoms with Gasteiger partial charge in [-0.25, -0.2) is 4.39 Å². The SMILES string of the molecule is CSCCN(CCO)Cc1cc(Br)ccc1F. The molecule has 0 fully saturated rings. The fourth-order valence-electron chi connectivity index (χ4n) is 1.54. The topological polar surface area (TPSA) is 23.5 Å². The molecular formula is C12H17BrFNOS. The van der Waals surface area contributed by atoms with Crippen LogP contribution in [0.3, 0.4) is 0 Å². The van der Waals surface area contributed by atoms with Crippen LogP contribution < -0.4 is 0 Å². The van der Waals surface area contributed by atoms with E-state index in [1.165, 1.54) is 6.07 Å². The van der Waals surface area contributed by atoms with E-state index in [1.54, 1.807) is 23.9 Å². The Morgan fingerprint density at radius 1 is 1.41 bits per heavy atom. The van der Waals surface area contributed by atoms with Crippen LogP contribution >= 0.6 is 27.7 Å². The van der Waals surface area contributed by atoms with Crippen molar-refractivity contribution in [2.24, 2.45) is 0 Å². The summed E-state index contributed by atoms with van der Waals surface area (Å²) < 4.78 is 14.5. The van der Waals surface area contributed by atoms with Crippen LogP contribution in [0.1, 0.15) is 5.56 Å². The van der Waals surface area contributed by atoms with Crippen molar-refractivity contribution in [2.75, 3.05) is 31.7 Å². The molecule has 0 aliphatic carbocycles. The zero-order valence-corrected chi connectivity index (χ0v) is 12.2. The van der Waals surface area contributed by atoms with E-state index in [4.69, 9.17) is 5.11 Å². The lowest BCUT2D eigenvalue weighted by molar-refractivity contribution is 0.196. The average molecular weight is 322 g/mol. The summed E-state index contributed by atoms with van der Waals surface area (Å²) in [4.78, 5) is 2.06. The van der Waals surface area contributed by atoms with Crippen LogP contribution in [0.25, 0.3) is 0 Å². The highest BCUT2D eigenvalue weighted by Gasteiger charge is 2.09. The molecule has 0 atom stereocenters. The molecule has 2 nitrogen and oxygen atoms in total. The lowest BCUT2D eigenvalue weighted by atomic mass is 10.2. The summed E-state index contributed by atoms with van der Waals surface area (Å²) >= 11 is 5.09. The standard InChI is InChI=1S/C12H17BrFNOS/c1-17-7-5-15(4-6-16)9-10-8-11(13)2-3-12(10)14/h2-3,8,16H,4-7,9H2,1H3. The molecule has 0 heterocycles. The van der Waals surface area contributed by atoms with Gasteiger partial charge >= 0.3 is 0 Å². The number of hydrogen-bond acceptors (Lipinski definition) is 3. The minimum absolute atomic E-state index is 0.101. The van der Waals surface area contributed by atoms with E-state index in [1.807, 2.05) is 6.26 Å². The predicted molar refractivity (Wildman–Crippen MR) is 74.8 cm³/mol. The molecule has 5 heteroatoms. The van der Waals surface area contributed by atoms with Gasteiger partial charge in [0, 0.05) is 35.4 Å². The van der Waals surface area contributed by atoms with Crippen molar-refractivity contribution in [3.05, 3.63) is 34.1 Å². The maximum absolute atomic E-state index is 13.6. The summed E-state index contributed by atoms with van der Waals surface area (Å²) in [6.45, 7) is 2.07. The maximum Gasteiger partial charge on any atom is 0.127 e. The summed E-state index contributed by atoms with van der Waals surface area (Å²) in [5.41, 5.74) is 0.661. The lowest BCUT2D eigenvalue weighted by Crippen LogP contribution is -2.29. The number of rotatable bonds is 7. The Labute approximate surface area is 114 Å². The van der Waals surface area contributed by atoms with Crippen molar-refractivity contribution in [2.45, 2.75) is 6.54 Å². The van der Waals surface area contributed by atoms with Gasteiger partial charge in [-0.15, -0.1) is 0 Å². The van der Waals surface area contributed by atoms with Crippen molar-refractivity contribution in [3.63, 3.8) is 0 Å². The Hall–Kier alpha value is -0.100. The number of halogens is 2. The van der Waals surface area contributed by atoms with E-state index in [2.05, 4.69) is 20.8 Å². The number of aliphatic hydroxyl groups excluding tert-OH is 1. The predicted octanol–water partition coefficient (Wildman–Crippen LogP) is 2.75. The van der Waals surface area contributed by atoms with Crippen LogP contribution in [-0.4, -0.2) is 41.7 Å². The Balaban J connectivity index is 2.67. The van der Waals surface area contributed by atoms with Gasteiger partial charge in [0.05, 0.1) is 6.61 Å². The third kappa shape index (κ3) is 5.38. The Morgan fingerprint density at radius 2 is 2.18 bits per heavy atom. The van der Waals surface area contributed by atoms with Gasteiger partial charge in [-0.2, -0.15) is 11.8 Å². The van der Waals surface area contributed by atoms with E-state index in [0.29, 0.717) is 18.7 Å². The number of aliphatic hydroxyl groups is 1. The fraction of sp³-hybridized carbons (Fsp3) is 0.500. The van der Waals surface area contributed by atoms with Gasteiger partial charge in [-0.05, 0) is 24.5 Å². The minimum Gasteiger partial charge on any atom is -0.395 e. The Bertz CT molecular complexity index is 351. The van der Waals surface area contributed by atoms with Gasteiger partial charge in [0.25, 0.3) is 0 Å². The van der Waals surface area contributed by atoms with E-state index < -0.39 is 0 Å². The van der Waals surface area contributed by atoms with Gasteiger partial charge in [0.1, 0.15) is 5.82 Å². The first-order valence-corrected chi connectivity index (χ1v) is 7.62. The molecule has 0 unspecified atom stereocenters. The lowest BCUT2D eigenvalue weighted by Gasteiger charge is -2.21. The summed E-state index contributed by atoms with van der Waals surface area (Å²) in [5, 5.41) is 8.99. The number of nitrogens with zero attached hydrogens (tertiary/aromatic N) is 1. The molecule has 1 aromatic carbocycles. The second-order valence-corrected chi connectivity index (χ2v) is 5.63. The van der Waals surface area contributed by atoms with Crippen LogP contribution in [-0.2, 0) is 6.54 Å². The Morgan fingerprint density at radius 3 is 2.82 bits per heavy atom. The highest BCUT2D eigenvalue weighted by Crippen LogP contribution is 2.17. The van der Waals surface area contributed by atoms with Gasteiger partial charge in [0.2, 0.25) is 0 Å². The summed E-state index contributed by atoms with van der Waals surface area (Å²) in [6.07, 6.45) is 2.04. The molecule has 1 rings (SSSR count). The summed E-state index contributed by atoms with van der Waals surface area (Å²) in [7, 11) is 0. The molecule has 0 radical (unpaired) electrons. The molecule has 0 spiro atoms. The minimum atomic E-state index is -0.194. The maximum atomic E-state index is 13.6. The number of hydrogen-bond donors (Lipinski definition) is 1. The third-order valence-corrected chi connectivity index (χ3v) is 3.51. The smallest absolute Gasteiger partial charge is 0.127 e. The number of benzene rings is 1. The van der Waals surface area contributed by atoms with E-state index in [0.717, 1.165) is 16.8 Å².